The number of rotatable bonds is 11. The Balaban J connectivity index is 3.98. The average Bonchev–Trinajstić information content (AvgIpc) is 2.33. The minimum Gasteiger partial charge on any atom is -0.430 e. The van der Waals surface area contributed by atoms with Gasteiger partial charge in [-0.15, -0.1) is 6.58 Å². The highest BCUT2D eigenvalue weighted by molar-refractivity contribution is 5.81. The quantitative estimate of drug-likeness (QED) is 0.201. The van der Waals surface area contributed by atoms with E-state index in [1.54, 1.807) is 6.08 Å². The Morgan fingerprint density at radius 1 is 1.22 bits per heavy atom. The molecular weight excluding hydrogens is 228 g/mol. The van der Waals surface area contributed by atoms with Gasteiger partial charge in [-0.1, -0.05) is 51.7 Å². The van der Waals surface area contributed by atoms with E-state index in [1.165, 1.54) is 19.3 Å². The van der Waals surface area contributed by atoms with E-state index in [4.69, 9.17) is 4.74 Å². The predicted octanol–water partition coefficient (Wildman–Crippen LogP) is 3.73. The molecule has 0 spiro atoms. The second kappa shape index (κ2) is 9.89. The molecule has 3 heteroatoms. The third-order valence-corrected chi connectivity index (χ3v) is 2.84. The summed E-state index contributed by atoms with van der Waals surface area (Å²) in [5, 5.41) is 10.2. The van der Waals surface area contributed by atoms with Crippen molar-refractivity contribution in [2.45, 2.75) is 64.1 Å². The lowest BCUT2D eigenvalue weighted by Crippen LogP contribution is -2.33. The van der Waals surface area contributed by atoms with Crippen LogP contribution in [0.5, 0.6) is 0 Å². The fraction of sp³-hybridized carbons (Fsp3) is 0.667. The molecule has 0 amide bonds. The highest BCUT2D eigenvalue weighted by Gasteiger charge is 2.28. The van der Waals surface area contributed by atoms with Crippen molar-refractivity contribution < 1.29 is 14.6 Å². The molecular formula is C15H26O3. The van der Waals surface area contributed by atoms with Crippen LogP contribution in [0, 0.1) is 0 Å². The lowest BCUT2D eigenvalue weighted by atomic mass is 10.0. The Bertz CT molecular complexity index is 260. The van der Waals surface area contributed by atoms with Gasteiger partial charge < -0.3 is 9.84 Å². The first-order valence-electron chi connectivity index (χ1n) is 6.76. The summed E-state index contributed by atoms with van der Waals surface area (Å²) in [5.41, 5.74) is 0. The molecule has 0 rings (SSSR count). The Kier molecular flexibility index (Phi) is 9.29. The molecule has 0 aliphatic rings. The van der Waals surface area contributed by atoms with E-state index in [-0.39, 0.29) is 6.42 Å². The second-order valence-electron chi connectivity index (χ2n) is 4.58. The Hall–Kier alpha value is -1.09. The van der Waals surface area contributed by atoms with Gasteiger partial charge in [-0.3, -0.25) is 0 Å². The minimum absolute atomic E-state index is 0.252. The predicted molar refractivity (Wildman–Crippen MR) is 74.0 cm³/mol. The van der Waals surface area contributed by atoms with Crippen LogP contribution in [0.3, 0.4) is 0 Å². The molecule has 1 atom stereocenters. The Labute approximate surface area is 111 Å². The standard InChI is InChI=1S/C15H26O3/c1-4-7-8-9-10-11-13-15(17,12-5-2)18-14(16)6-3/h5-6,17H,2-4,7-13H2,1H3. The van der Waals surface area contributed by atoms with Crippen molar-refractivity contribution >= 4 is 5.97 Å². The van der Waals surface area contributed by atoms with Crippen LogP contribution in [0.4, 0.5) is 0 Å². The van der Waals surface area contributed by atoms with Gasteiger partial charge in [0.15, 0.2) is 0 Å². The van der Waals surface area contributed by atoms with Crippen molar-refractivity contribution in [1.29, 1.82) is 0 Å². The fourth-order valence-electron chi connectivity index (χ4n) is 1.83. The monoisotopic (exact) mass is 254 g/mol. The molecule has 0 radical (unpaired) electrons. The van der Waals surface area contributed by atoms with Crippen molar-refractivity contribution in [3.8, 4) is 0 Å². The topological polar surface area (TPSA) is 46.5 Å². The van der Waals surface area contributed by atoms with E-state index in [2.05, 4.69) is 20.1 Å². The molecule has 0 aliphatic heterocycles. The van der Waals surface area contributed by atoms with Crippen LogP contribution in [-0.2, 0) is 9.53 Å². The summed E-state index contributed by atoms with van der Waals surface area (Å²) in [6, 6.07) is 0. The number of carbonyl (C=O) groups is 1. The van der Waals surface area contributed by atoms with E-state index < -0.39 is 11.8 Å². The van der Waals surface area contributed by atoms with E-state index in [0.29, 0.717) is 6.42 Å². The molecule has 104 valence electrons. The third kappa shape index (κ3) is 8.07. The highest BCUT2D eigenvalue weighted by Crippen LogP contribution is 2.22. The molecule has 0 saturated heterocycles. The van der Waals surface area contributed by atoms with Crippen molar-refractivity contribution in [1.82, 2.24) is 0 Å². The van der Waals surface area contributed by atoms with Crippen LogP contribution >= 0.6 is 0 Å². The number of carbonyl (C=O) groups excluding carboxylic acids is 1. The number of hydrogen-bond donors (Lipinski definition) is 1. The van der Waals surface area contributed by atoms with Crippen LogP contribution in [0.25, 0.3) is 0 Å². The van der Waals surface area contributed by atoms with E-state index >= 15 is 0 Å². The maximum atomic E-state index is 11.1. The van der Waals surface area contributed by atoms with E-state index in [1.807, 2.05) is 0 Å². The molecule has 0 fully saturated rings. The zero-order valence-electron chi connectivity index (χ0n) is 11.5. The molecule has 0 aromatic carbocycles. The largest absolute Gasteiger partial charge is 0.430 e. The second-order valence-corrected chi connectivity index (χ2v) is 4.58. The van der Waals surface area contributed by atoms with Gasteiger partial charge in [0, 0.05) is 18.9 Å². The van der Waals surface area contributed by atoms with Crippen LogP contribution in [-0.4, -0.2) is 16.9 Å². The maximum absolute atomic E-state index is 11.1. The zero-order chi connectivity index (χ0) is 13.9. The summed E-state index contributed by atoms with van der Waals surface area (Å²) in [5.74, 6) is -2.01. The summed E-state index contributed by atoms with van der Waals surface area (Å²) in [4.78, 5) is 11.1. The van der Waals surface area contributed by atoms with Crippen molar-refractivity contribution in [3.63, 3.8) is 0 Å². The van der Waals surface area contributed by atoms with Gasteiger partial charge in [0.2, 0.25) is 5.79 Å². The van der Waals surface area contributed by atoms with Crippen molar-refractivity contribution in [3.05, 3.63) is 25.3 Å². The molecule has 0 aromatic rings. The number of aliphatic hydroxyl groups is 1. The molecule has 0 saturated carbocycles. The van der Waals surface area contributed by atoms with Crippen LogP contribution in [0.2, 0.25) is 0 Å². The Morgan fingerprint density at radius 2 is 1.83 bits per heavy atom. The van der Waals surface area contributed by atoms with Gasteiger partial charge in [0.25, 0.3) is 0 Å². The normalized spacial score (nSPS) is 13.7. The molecule has 0 aliphatic carbocycles. The highest BCUT2D eigenvalue weighted by atomic mass is 16.7. The van der Waals surface area contributed by atoms with E-state index in [9.17, 15) is 9.90 Å². The van der Waals surface area contributed by atoms with Gasteiger partial charge in [-0.05, 0) is 6.42 Å². The third-order valence-electron chi connectivity index (χ3n) is 2.84. The zero-order valence-corrected chi connectivity index (χ0v) is 11.5. The summed E-state index contributed by atoms with van der Waals surface area (Å²) in [7, 11) is 0. The molecule has 0 aromatic heterocycles. The molecule has 1 N–H and O–H groups in total. The fourth-order valence-corrected chi connectivity index (χ4v) is 1.83. The van der Waals surface area contributed by atoms with Crippen LogP contribution in [0.1, 0.15) is 58.3 Å². The summed E-state index contributed by atoms with van der Waals surface area (Å²) >= 11 is 0. The van der Waals surface area contributed by atoms with Gasteiger partial charge in [0.05, 0.1) is 0 Å². The number of esters is 1. The minimum atomic E-state index is -1.42. The number of hydrogen-bond acceptors (Lipinski definition) is 3. The lowest BCUT2D eigenvalue weighted by Gasteiger charge is -2.26. The van der Waals surface area contributed by atoms with Crippen molar-refractivity contribution in [2.75, 3.05) is 0 Å². The summed E-state index contributed by atoms with van der Waals surface area (Å²) < 4.78 is 4.98. The first kappa shape index (κ1) is 16.9. The van der Waals surface area contributed by atoms with Gasteiger partial charge in [-0.25, -0.2) is 4.79 Å². The summed E-state index contributed by atoms with van der Waals surface area (Å²) in [6.07, 6.45) is 10.1. The van der Waals surface area contributed by atoms with Crippen LogP contribution < -0.4 is 0 Å². The summed E-state index contributed by atoms with van der Waals surface area (Å²) in [6.45, 7) is 9.07. The van der Waals surface area contributed by atoms with Crippen molar-refractivity contribution in [2.24, 2.45) is 0 Å². The molecule has 1 unspecified atom stereocenters. The first-order valence-corrected chi connectivity index (χ1v) is 6.76. The smallest absolute Gasteiger partial charge is 0.332 e. The Morgan fingerprint density at radius 3 is 2.39 bits per heavy atom. The average molecular weight is 254 g/mol. The van der Waals surface area contributed by atoms with Gasteiger partial charge in [0.1, 0.15) is 0 Å². The van der Waals surface area contributed by atoms with Gasteiger partial charge in [-0.2, -0.15) is 0 Å². The SMILES string of the molecule is C=CCC(O)(CCCCCCCC)OC(=O)C=C. The number of unbranched alkanes of at least 4 members (excludes halogenated alkanes) is 5. The maximum Gasteiger partial charge on any atom is 0.332 e. The van der Waals surface area contributed by atoms with Crippen LogP contribution in [0.15, 0.2) is 25.3 Å². The lowest BCUT2D eigenvalue weighted by molar-refractivity contribution is -0.205. The molecule has 0 bridgehead atoms. The van der Waals surface area contributed by atoms with Gasteiger partial charge >= 0.3 is 5.97 Å². The molecule has 0 heterocycles. The first-order chi connectivity index (χ1) is 8.58. The number of ether oxygens (including phenoxy) is 1. The molecule has 18 heavy (non-hydrogen) atoms. The molecule has 3 nitrogen and oxygen atoms in total. The van der Waals surface area contributed by atoms with E-state index in [0.717, 1.165) is 25.3 Å².